The molecule has 138 valence electrons. The monoisotopic (exact) mass is 374 g/mol. The Labute approximate surface area is 155 Å². The van der Waals surface area contributed by atoms with Gasteiger partial charge in [-0.1, -0.05) is 17.8 Å². The number of aromatic hydroxyl groups is 1. The molecule has 4 rings (SSSR count). The van der Waals surface area contributed by atoms with E-state index < -0.39 is 0 Å². The van der Waals surface area contributed by atoms with E-state index in [2.05, 4.69) is 15.0 Å². The molecule has 2 aromatic heterocycles. The average Bonchev–Trinajstić information content (AvgIpc) is 3.26. The molecule has 1 aliphatic heterocycles. The molecule has 1 N–H and O–H groups in total. The zero-order valence-electron chi connectivity index (χ0n) is 14.9. The summed E-state index contributed by atoms with van der Waals surface area (Å²) in [5, 5.41) is 14.9. The molecule has 3 aromatic rings. The van der Waals surface area contributed by atoms with E-state index >= 15 is 0 Å². The van der Waals surface area contributed by atoms with Crippen LogP contribution in [0.5, 0.6) is 17.4 Å². The molecule has 1 fully saturated rings. The van der Waals surface area contributed by atoms with E-state index in [-0.39, 0.29) is 11.9 Å². The predicted molar refractivity (Wildman–Crippen MR) is 99.3 cm³/mol. The van der Waals surface area contributed by atoms with Gasteiger partial charge in [0, 0.05) is 6.07 Å². The molecule has 0 bridgehead atoms. The molecular formula is C18H22N4O3S. The Morgan fingerprint density at radius 3 is 2.38 bits per heavy atom. The van der Waals surface area contributed by atoms with E-state index in [1.165, 1.54) is 28.6 Å². The molecule has 8 heteroatoms. The Balaban J connectivity index is 1.85. The summed E-state index contributed by atoms with van der Waals surface area (Å²) in [4.78, 5) is 8.17. The van der Waals surface area contributed by atoms with Crippen molar-refractivity contribution in [3.63, 3.8) is 0 Å². The second-order valence-electron chi connectivity index (χ2n) is 6.39. The Hall–Kier alpha value is -2.32. The van der Waals surface area contributed by atoms with Gasteiger partial charge in [0.05, 0.1) is 25.1 Å². The Morgan fingerprint density at radius 2 is 1.77 bits per heavy atom. The van der Waals surface area contributed by atoms with Crippen LogP contribution in [0.3, 0.4) is 0 Å². The van der Waals surface area contributed by atoms with Crippen LogP contribution in [-0.2, 0) is 0 Å². The number of piperidine rings is 1. The maximum atomic E-state index is 10.8. The lowest BCUT2D eigenvalue weighted by Gasteiger charge is -2.34. The molecule has 0 radical (unpaired) electrons. The van der Waals surface area contributed by atoms with Crippen LogP contribution < -0.4 is 9.47 Å². The summed E-state index contributed by atoms with van der Waals surface area (Å²) in [6.07, 6.45) is 5.00. The van der Waals surface area contributed by atoms with Crippen molar-refractivity contribution in [1.29, 1.82) is 0 Å². The van der Waals surface area contributed by atoms with Crippen LogP contribution in [0.25, 0.3) is 4.96 Å². The number of benzene rings is 1. The average molecular weight is 374 g/mol. The van der Waals surface area contributed by atoms with E-state index in [4.69, 9.17) is 9.47 Å². The van der Waals surface area contributed by atoms with Gasteiger partial charge in [0.15, 0.2) is 0 Å². The molecule has 1 saturated heterocycles. The van der Waals surface area contributed by atoms with Crippen molar-refractivity contribution >= 4 is 16.3 Å². The highest BCUT2D eigenvalue weighted by Gasteiger charge is 2.30. The first-order chi connectivity index (χ1) is 12.7. The van der Waals surface area contributed by atoms with Gasteiger partial charge in [-0.2, -0.15) is 9.61 Å². The van der Waals surface area contributed by atoms with E-state index in [0.717, 1.165) is 47.9 Å². The van der Waals surface area contributed by atoms with Crippen molar-refractivity contribution in [2.24, 2.45) is 0 Å². The molecular weight excluding hydrogens is 352 g/mol. The van der Waals surface area contributed by atoms with Crippen molar-refractivity contribution in [3.8, 4) is 17.4 Å². The van der Waals surface area contributed by atoms with Gasteiger partial charge in [-0.3, -0.25) is 4.90 Å². The number of hydrogen-bond donors (Lipinski definition) is 1. The number of hydrogen-bond acceptors (Lipinski definition) is 7. The largest absolute Gasteiger partial charge is 0.497 e. The maximum Gasteiger partial charge on any atom is 0.230 e. The van der Waals surface area contributed by atoms with E-state index in [1.807, 2.05) is 18.2 Å². The summed E-state index contributed by atoms with van der Waals surface area (Å²) >= 11 is 1.47. The van der Waals surface area contributed by atoms with Crippen LogP contribution in [0.2, 0.25) is 0 Å². The third kappa shape index (κ3) is 2.99. The zero-order chi connectivity index (χ0) is 18.1. The zero-order valence-corrected chi connectivity index (χ0v) is 15.7. The highest BCUT2D eigenvalue weighted by molar-refractivity contribution is 7.17. The van der Waals surface area contributed by atoms with Gasteiger partial charge in [0.25, 0.3) is 0 Å². The highest BCUT2D eigenvalue weighted by atomic mass is 32.1. The SMILES string of the molecule is COc1cc(OC)cc(C(c2sc3ncnn3c2O)N2CCCCC2)c1. The number of thiazole rings is 1. The van der Waals surface area contributed by atoms with Crippen molar-refractivity contribution in [1.82, 2.24) is 19.5 Å². The minimum absolute atomic E-state index is 0.0900. The van der Waals surface area contributed by atoms with Crippen molar-refractivity contribution < 1.29 is 14.6 Å². The minimum Gasteiger partial charge on any atom is -0.497 e. The maximum absolute atomic E-state index is 10.8. The summed E-state index contributed by atoms with van der Waals surface area (Å²) in [7, 11) is 3.30. The van der Waals surface area contributed by atoms with Gasteiger partial charge >= 0.3 is 0 Å². The number of nitrogens with zero attached hydrogens (tertiary/aromatic N) is 4. The molecule has 0 saturated carbocycles. The number of rotatable bonds is 5. The fraction of sp³-hybridized carbons (Fsp3) is 0.444. The van der Waals surface area contributed by atoms with E-state index in [9.17, 15) is 5.11 Å². The van der Waals surface area contributed by atoms with Gasteiger partial charge in [0.2, 0.25) is 10.8 Å². The first kappa shape index (κ1) is 17.1. The Morgan fingerprint density at radius 1 is 1.08 bits per heavy atom. The number of methoxy groups -OCH3 is 2. The third-order valence-corrected chi connectivity index (χ3v) is 5.92. The van der Waals surface area contributed by atoms with Gasteiger partial charge in [-0.25, -0.2) is 4.98 Å². The van der Waals surface area contributed by atoms with Crippen LogP contribution in [0.4, 0.5) is 0 Å². The van der Waals surface area contributed by atoms with Crippen LogP contribution in [0.15, 0.2) is 24.5 Å². The molecule has 26 heavy (non-hydrogen) atoms. The van der Waals surface area contributed by atoms with Crippen LogP contribution in [0.1, 0.15) is 35.7 Å². The lowest BCUT2D eigenvalue weighted by Crippen LogP contribution is -2.34. The highest BCUT2D eigenvalue weighted by Crippen LogP contribution is 2.42. The van der Waals surface area contributed by atoms with E-state index in [1.54, 1.807) is 14.2 Å². The molecule has 0 spiro atoms. The normalized spacial score (nSPS) is 16.7. The molecule has 1 atom stereocenters. The van der Waals surface area contributed by atoms with Crippen molar-refractivity contribution in [2.75, 3.05) is 27.3 Å². The summed E-state index contributed by atoms with van der Waals surface area (Å²) in [6.45, 7) is 1.97. The second kappa shape index (κ2) is 7.13. The number of aromatic nitrogens is 3. The second-order valence-corrected chi connectivity index (χ2v) is 7.40. The Bertz CT molecular complexity index is 879. The number of ether oxygens (including phenoxy) is 2. The van der Waals surface area contributed by atoms with Gasteiger partial charge in [0.1, 0.15) is 17.8 Å². The van der Waals surface area contributed by atoms with Crippen LogP contribution >= 0.6 is 11.3 Å². The lowest BCUT2D eigenvalue weighted by atomic mass is 9.99. The lowest BCUT2D eigenvalue weighted by molar-refractivity contribution is 0.186. The molecule has 1 aromatic carbocycles. The van der Waals surface area contributed by atoms with Crippen molar-refractivity contribution in [2.45, 2.75) is 25.3 Å². The molecule has 0 amide bonds. The summed E-state index contributed by atoms with van der Waals surface area (Å²) in [6, 6.07) is 5.79. The fourth-order valence-electron chi connectivity index (χ4n) is 3.56. The van der Waals surface area contributed by atoms with Crippen LogP contribution in [-0.4, -0.2) is 51.9 Å². The molecule has 3 heterocycles. The molecule has 7 nitrogen and oxygen atoms in total. The molecule has 0 aliphatic carbocycles. The first-order valence-electron chi connectivity index (χ1n) is 8.69. The van der Waals surface area contributed by atoms with E-state index in [0.29, 0.717) is 4.96 Å². The third-order valence-electron chi connectivity index (χ3n) is 4.83. The van der Waals surface area contributed by atoms with Gasteiger partial charge in [-0.05, 0) is 43.6 Å². The minimum atomic E-state index is -0.0900. The summed E-state index contributed by atoms with van der Waals surface area (Å²) in [5.41, 5.74) is 1.03. The van der Waals surface area contributed by atoms with Crippen molar-refractivity contribution in [3.05, 3.63) is 35.0 Å². The number of likely N-dealkylation sites (tertiary alicyclic amines) is 1. The smallest absolute Gasteiger partial charge is 0.230 e. The standard InChI is InChI=1S/C18H22N4O3S/c1-24-13-8-12(9-14(10-13)25-2)15(21-6-4-3-5-7-21)16-17(23)22-18(26-16)19-11-20-22/h8-11,15,23H,3-7H2,1-2H3. The summed E-state index contributed by atoms with van der Waals surface area (Å²) in [5.74, 6) is 1.63. The van der Waals surface area contributed by atoms with Gasteiger partial charge < -0.3 is 14.6 Å². The predicted octanol–water partition coefficient (Wildman–Crippen LogP) is 3.09. The first-order valence-corrected chi connectivity index (χ1v) is 9.51. The summed E-state index contributed by atoms with van der Waals surface area (Å²) < 4.78 is 12.4. The topological polar surface area (TPSA) is 72.1 Å². The van der Waals surface area contributed by atoms with Gasteiger partial charge in [-0.15, -0.1) is 0 Å². The molecule has 1 aliphatic rings. The Kier molecular flexibility index (Phi) is 4.69. The van der Waals surface area contributed by atoms with Crippen LogP contribution in [0, 0.1) is 0 Å². The number of fused-ring (bicyclic) bond motifs is 1. The fourth-order valence-corrected chi connectivity index (χ4v) is 4.66. The quantitative estimate of drug-likeness (QED) is 0.740. The molecule has 1 unspecified atom stereocenters.